The number of halogens is 1. The van der Waals surface area contributed by atoms with E-state index in [9.17, 15) is 4.79 Å². The minimum Gasteiger partial charge on any atom is -0.370 e. The van der Waals surface area contributed by atoms with Crippen molar-refractivity contribution < 1.29 is 4.79 Å². The second kappa shape index (κ2) is 7.85. The smallest absolute Gasteiger partial charge is 0.260 e. The lowest BCUT2D eigenvalue weighted by Crippen LogP contribution is -2.25. The first-order valence-corrected chi connectivity index (χ1v) is 8.48. The molecule has 3 rings (SSSR count). The number of carbonyl (C=O) groups excluding carboxylic acids is 1. The molecule has 4 nitrogen and oxygen atoms in total. The Bertz CT molecular complexity index is 1000. The molecule has 0 saturated heterocycles. The molecule has 4 N–H and O–H groups in total. The van der Waals surface area contributed by atoms with Crippen LogP contribution in [0.25, 0.3) is 16.8 Å². The lowest BCUT2D eigenvalue weighted by Gasteiger charge is -2.13. The highest BCUT2D eigenvalue weighted by atomic mass is 35.5. The van der Waals surface area contributed by atoms with Gasteiger partial charge in [-0.05, 0) is 28.0 Å². The Kier molecular flexibility index (Phi) is 5.34. The first-order chi connectivity index (χ1) is 12.6. The van der Waals surface area contributed by atoms with Crippen LogP contribution in [0, 0.1) is 0 Å². The van der Waals surface area contributed by atoms with Gasteiger partial charge in [-0.15, -0.1) is 0 Å². The van der Waals surface area contributed by atoms with Gasteiger partial charge in [-0.1, -0.05) is 84.4 Å². The quantitative estimate of drug-likeness (QED) is 0.541. The van der Waals surface area contributed by atoms with Crippen molar-refractivity contribution in [2.45, 2.75) is 5.92 Å². The minimum absolute atomic E-state index is 0.258. The summed E-state index contributed by atoms with van der Waals surface area (Å²) >= 11 is 6.21. The van der Waals surface area contributed by atoms with Crippen LogP contribution in [0.4, 0.5) is 0 Å². The van der Waals surface area contributed by atoms with Crippen molar-refractivity contribution in [3.05, 3.63) is 89.0 Å². The van der Waals surface area contributed by atoms with Crippen molar-refractivity contribution in [3.63, 3.8) is 0 Å². The summed E-state index contributed by atoms with van der Waals surface area (Å²) in [6.45, 7) is 0. The zero-order valence-corrected chi connectivity index (χ0v) is 14.7. The largest absolute Gasteiger partial charge is 0.370 e. The maximum Gasteiger partial charge on any atom is 0.260 e. The molecule has 0 aliphatic rings. The van der Waals surface area contributed by atoms with E-state index < -0.39 is 11.8 Å². The molecule has 0 aliphatic heterocycles. The summed E-state index contributed by atoms with van der Waals surface area (Å²) in [5.74, 6) is -1.31. The van der Waals surface area contributed by atoms with Crippen molar-refractivity contribution in [3.8, 4) is 0 Å². The zero-order chi connectivity index (χ0) is 18.5. The van der Waals surface area contributed by atoms with E-state index in [4.69, 9.17) is 23.1 Å². The predicted octanol–water partition coefficient (Wildman–Crippen LogP) is 4.09. The summed E-state index contributed by atoms with van der Waals surface area (Å²) < 4.78 is 0. The van der Waals surface area contributed by atoms with Gasteiger partial charge in [0.15, 0.2) is 5.96 Å². The normalized spacial score (nSPS) is 12.2. The lowest BCUT2D eigenvalue weighted by molar-refractivity contribution is -0.118. The number of aliphatic imine (C=N–C) groups is 1. The van der Waals surface area contributed by atoms with E-state index >= 15 is 0 Å². The Balaban J connectivity index is 2.10. The number of fused-ring (bicyclic) bond motifs is 1. The second-order valence-corrected chi connectivity index (χ2v) is 6.21. The second-order valence-electron chi connectivity index (χ2n) is 5.80. The van der Waals surface area contributed by atoms with E-state index in [-0.39, 0.29) is 5.96 Å². The average molecular weight is 364 g/mol. The molecule has 0 fully saturated rings. The molecule has 130 valence electrons. The number of rotatable bonds is 4. The Labute approximate surface area is 156 Å². The van der Waals surface area contributed by atoms with E-state index in [1.54, 1.807) is 12.1 Å². The molecule has 0 aliphatic carbocycles. The molecule has 3 aromatic rings. The maximum atomic E-state index is 12.7. The summed E-state index contributed by atoms with van der Waals surface area (Å²) in [5, 5.41) is 2.62. The lowest BCUT2D eigenvalue weighted by atomic mass is 9.92. The summed E-state index contributed by atoms with van der Waals surface area (Å²) in [6, 6.07) is 21.1. The molecule has 26 heavy (non-hydrogen) atoms. The topological polar surface area (TPSA) is 81.5 Å². The van der Waals surface area contributed by atoms with Gasteiger partial charge in [-0.3, -0.25) is 4.79 Å². The Morgan fingerprint density at radius 3 is 2.42 bits per heavy atom. The van der Waals surface area contributed by atoms with Gasteiger partial charge in [0.05, 0.1) is 5.92 Å². The van der Waals surface area contributed by atoms with Crippen LogP contribution in [-0.4, -0.2) is 11.9 Å². The first kappa shape index (κ1) is 17.7. The van der Waals surface area contributed by atoms with Crippen LogP contribution >= 0.6 is 11.6 Å². The number of nitrogens with zero attached hydrogens (tertiary/aromatic N) is 1. The van der Waals surface area contributed by atoms with Gasteiger partial charge in [0.1, 0.15) is 0 Å². The van der Waals surface area contributed by atoms with Gasteiger partial charge in [-0.2, -0.15) is 4.99 Å². The molecule has 1 unspecified atom stereocenters. The molecule has 0 aromatic heterocycles. The fraction of sp³-hybridized carbons (Fsp3) is 0.0476. The van der Waals surface area contributed by atoms with E-state index in [0.29, 0.717) is 5.02 Å². The van der Waals surface area contributed by atoms with Gasteiger partial charge < -0.3 is 11.5 Å². The van der Waals surface area contributed by atoms with Crippen LogP contribution in [0.5, 0.6) is 0 Å². The van der Waals surface area contributed by atoms with Gasteiger partial charge in [0.2, 0.25) is 0 Å². The highest BCUT2D eigenvalue weighted by Crippen LogP contribution is 2.29. The number of guanidine groups is 1. The van der Waals surface area contributed by atoms with Crippen LogP contribution < -0.4 is 11.5 Å². The van der Waals surface area contributed by atoms with Crippen molar-refractivity contribution in [2.75, 3.05) is 0 Å². The van der Waals surface area contributed by atoms with Crippen molar-refractivity contribution in [1.29, 1.82) is 0 Å². The SMILES string of the molecule is NC(N)=NC(=O)C(/C=C/c1ccccc1Cl)c1cccc2ccccc12. The molecular weight excluding hydrogens is 346 g/mol. The molecular formula is C21H18ClN3O. The van der Waals surface area contributed by atoms with Gasteiger partial charge in [0.25, 0.3) is 5.91 Å². The highest BCUT2D eigenvalue weighted by Gasteiger charge is 2.20. The van der Waals surface area contributed by atoms with Crippen LogP contribution in [0.1, 0.15) is 17.0 Å². The predicted molar refractivity (Wildman–Crippen MR) is 108 cm³/mol. The highest BCUT2D eigenvalue weighted by molar-refractivity contribution is 6.32. The number of amides is 1. The fourth-order valence-corrected chi connectivity index (χ4v) is 3.05. The molecule has 0 bridgehead atoms. The third-order valence-electron chi connectivity index (χ3n) is 4.04. The van der Waals surface area contributed by atoms with E-state index in [1.165, 1.54) is 0 Å². The molecule has 3 aromatic carbocycles. The molecule has 0 spiro atoms. The van der Waals surface area contributed by atoms with Crippen LogP contribution in [0.2, 0.25) is 5.02 Å². The average Bonchev–Trinajstić information content (AvgIpc) is 2.63. The monoisotopic (exact) mass is 363 g/mol. The molecule has 1 amide bonds. The van der Waals surface area contributed by atoms with E-state index in [1.807, 2.05) is 66.7 Å². The molecule has 0 saturated carbocycles. The summed E-state index contributed by atoms with van der Waals surface area (Å²) in [7, 11) is 0. The molecule has 0 heterocycles. The summed E-state index contributed by atoms with van der Waals surface area (Å²) in [6.07, 6.45) is 3.59. The van der Waals surface area contributed by atoms with Gasteiger partial charge in [0, 0.05) is 5.02 Å². The van der Waals surface area contributed by atoms with Crippen molar-refractivity contribution >= 4 is 40.3 Å². The summed E-state index contributed by atoms with van der Waals surface area (Å²) in [5.41, 5.74) is 12.5. The standard InChI is InChI=1S/C21H18ClN3O/c22-19-11-4-2-7-15(19)12-13-18(20(26)25-21(23)24)17-10-5-8-14-6-1-3-9-16(14)17/h1-13,18H,(H4,23,24,25,26)/b13-12+. The fourth-order valence-electron chi connectivity index (χ4n) is 2.85. The third-order valence-corrected chi connectivity index (χ3v) is 4.38. The maximum absolute atomic E-state index is 12.7. The number of nitrogens with two attached hydrogens (primary N) is 2. The molecule has 5 heteroatoms. The number of benzene rings is 3. The zero-order valence-electron chi connectivity index (χ0n) is 14.0. The van der Waals surface area contributed by atoms with Crippen molar-refractivity contribution in [2.24, 2.45) is 16.5 Å². The molecule has 0 radical (unpaired) electrons. The number of carbonyl (C=O) groups is 1. The molecule has 1 atom stereocenters. The van der Waals surface area contributed by atoms with Gasteiger partial charge >= 0.3 is 0 Å². The Hall–Kier alpha value is -3.11. The van der Waals surface area contributed by atoms with Crippen LogP contribution in [-0.2, 0) is 4.79 Å². The minimum atomic E-state index is -0.625. The summed E-state index contributed by atoms with van der Waals surface area (Å²) in [4.78, 5) is 16.4. The number of hydrogen-bond donors (Lipinski definition) is 2. The van der Waals surface area contributed by atoms with Crippen LogP contribution in [0.3, 0.4) is 0 Å². The van der Waals surface area contributed by atoms with Crippen LogP contribution in [0.15, 0.2) is 77.8 Å². The van der Waals surface area contributed by atoms with Crippen molar-refractivity contribution in [1.82, 2.24) is 0 Å². The van der Waals surface area contributed by atoms with Gasteiger partial charge in [-0.25, -0.2) is 0 Å². The first-order valence-electron chi connectivity index (χ1n) is 8.10. The van der Waals surface area contributed by atoms with E-state index in [2.05, 4.69) is 4.99 Å². The Morgan fingerprint density at radius 2 is 1.65 bits per heavy atom. The van der Waals surface area contributed by atoms with E-state index in [0.717, 1.165) is 21.9 Å². The third kappa shape index (κ3) is 3.92. The number of hydrogen-bond acceptors (Lipinski definition) is 1. The Morgan fingerprint density at radius 1 is 0.962 bits per heavy atom.